The van der Waals surface area contributed by atoms with Crippen molar-refractivity contribution in [3.63, 3.8) is 0 Å². The van der Waals surface area contributed by atoms with Crippen LogP contribution in [0, 0.1) is 0 Å². The van der Waals surface area contributed by atoms with Gasteiger partial charge in [-0.2, -0.15) is 13.2 Å². The summed E-state index contributed by atoms with van der Waals surface area (Å²) in [6, 6.07) is 7.91. The van der Waals surface area contributed by atoms with Gasteiger partial charge in [-0.05, 0) is 50.2 Å². The topological polar surface area (TPSA) is 60.0 Å². The molecule has 0 saturated carbocycles. The number of hydrogen-bond donors (Lipinski definition) is 1. The predicted molar refractivity (Wildman–Crippen MR) is 111 cm³/mol. The van der Waals surface area contributed by atoms with Crippen LogP contribution < -0.4 is 19.7 Å². The van der Waals surface area contributed by atoms with E-state index < -0.39 is 17.6 Å². The van der Waals surface area contributed by atoms with Crippen molar-refractivity contribution in [2.75, 3.05) is 37.5 Å². The van der Waals surface area contributed by atoms with Crippen molar-refractivity contribution < 1.29 is 32.2 Å². The summed E-state index contributed by atoms with van der Waals surface area (Å²) in [5.74, 6) is 0.223. The maximum atomic E-state index is 13.3. The van der Waals surface area contributed by atoms with Gasteiger partial charge in [-0.3, -0.25) is 4.79 Å². The number of ether oxygens (including phenoxy) is 3. The molecule has 9 heteroatoms. The lowest BCUT2D eigenvalue weighted by atomic mass is 10.1. The van der Waals surface area contributed by atoms with Crippen LogP contribution in [0.25, 0.3) is 0 Å². The summed E-state index contributed by atoms with van der Waals surface area (Å²) in [6.07, 6.45) is -4.73. The molecule has 1 aliphatic rings. The highest BCUT2D eigenvalue weighted by molar-refractivity contribution is 6.06. The number of alkyl halides is 3. The molecule has 0 aromatic heterocycles. The Morgan fingerprint density at radius 1 is 1.03 bits per heavy atom. The zero-order chi connectivity index (χ0) is 22.8. The number of nitrogens with zero attached hydrogens (tertiary/aromatic N) is 1. The number of amides is 1. The molecule has 0 aliphatic carbocycles. The molecule has 0 unspecified atom stereocenters. The number of halogens is 3. The molecule has 1 amide bonds. The summed E-state index contributed by atoms with van der Waals surface area (Å²) in [5, 5.41) is 2.64. The molecular formula is C22H25F3N2O4. The fourth-order valence-electron chi connectivity index (χ4n) is 3.63. The lowest BCUT2D eigenvalue weighted by Gasteiger charge is -2.37. The van der Waals surface area contributed by atoms with Crippen molar-refractivity contribution >= 4 is 17.3 Å². The second kappa shape index (κ2) is 9.05. The second-order valence-corrected chi connectivity index (χ2v) is 7.42. The smallest absolute Gasteiger partial charge is 0.416 e. The van der Waals surface area contributed by atoms with Crippen LogP contribution in [-0.4, -0.2) is 45.4 Å². The Bertz CT molecular complexity index is 939. The molecule has 3 rings (SSSR count). The predicted octanol–water partition coefficient (Wildman–Crippen LogP) is 4.59. The third-order valence-electron chi connectivity index (χ3n) is 4.98. The van der Waals surface area contributed by atoms with E-state index in [1.54, 1.807) is 6.07 Å². The van der Waals surface area contributed by atoms with E-state index in [0.717, 1.165) is 12.1 Å². The Labute approximate surface area is 178 Å². The maximum absolute atomic E-state index is 13.3. The zero-order valence-electron chi connectivity index (χ0n) is 17.7. The highest BCUT2D eigenvalue weighted by Gasteiger charge is 2.32. The Morgan fingerprint density at radius 3 is 2.26 bits per heavy atom. The lowest BCUT2D eigenvalue weighted by Crippen LogP contribution is -2.45. The van der Waals surface area contributed by atoms with Gasteiger partial charge in [-0.15, -0.1) is 0 Å². The minimum Gasteiger partial charge on any atom is -0.493 e. The number of hydrogen-bond acceptors (Lipinski definition) is 5. The number of anilines is 2. The maximum Gasteiger partial charge on any atom is 0.416 e. The molecule has 0 spiro atoms. The van der Waals surface area contributed by atoms with Crippen LogP contribution in [0.4, 0.5) is 24.5 Å². The lowest BCUT2D eigenvalue weighted by molar-refractivity contribution is -0.137. The molecule has 1 heterocycles. The average molecular weight is 438 g/mol. The van der Waals surface area contributed by atoms with E-state index in [2.05, 4.69) is 5.32 Å². The van der Waals surface area contributed by atoms with Crippen molar-refractivity contribution in [2.24, 2.45) is 0 Å². The third kappa shape index (κ3) is 5.22. The number of methoxy groups -OCH3 is 2. The number of morpholine rings is 1. The van der Waals surface area contributed by atoms with Gasteiger partial charge in [0.2, 0.25) is 0 Å². The number of nitrogens with one attached hydrogen (secondary N) is 1. The molecule has 2 aromatic carbocycles. The van der Waals surface area contributed by atoms with Gasteiger partial charge in [0.25, 0.3) is 5.91 Å². The van der Waals surface area contributed by atoms with Gasteiger partial charge in [-0.25, -0.2) is 0 Å². The van der Waals surface area contributed by atoms with Crippen LogP contribution in [0.2, 0.25) is 0 Å². The van der Waals surface area contributed by atoms with Crippen LogP contribution in [-0.2, 0) is 10.9 Å². The SMILES string of the molecule is COc1ccc(C(=O)Nc2cc(C(F)(F)F)ccc2N2C[C@@H](C)O[C@@H](C)C2)cc1OC. The Balaban J connectivity index is 1.96. The number of carbonyl (C=O) groups is 1. The van der Waals surface area contributed by atoms with Gasteiger partial charge < -0.3 is 24.4 Å². The number of rotatable bonds is 5. The van der Waals surface area contributed by atoms with Crippen LogP contribution in [0.1, 0.15) is 29.8 Å². The summed E-state index contributed by atoms with van der Waals surface area (Å²) in [6.45, 7) is 4.78. The van der Waals surface area contributed by atoms with E-state index >= 15 is 0 Å². The van der Waals surface area contributed by atoms with Crippen molar-refractivity contribution in [1.82, 2.24) is 0 Å². The molecule has 2 atom stereocenters. The van der Waals surface area contributed by atoms with E-state index in [4.69, 9.17) is 14.2 Å². The molecule has 1 saturated heterocycles. The molecule has 0 radical (unpaired) electrons. The van der Waals surface area contributed by atoms with Gasteiger partial charge in [0, 0.05) is 18.7 Å². The molecule has 31 heavy (non-hydrogen) atoms. The summed E-state index contributed by atoms with van der Waals surface area (Å²) >= 11 is 0. The highest BCUT2D eigenvalue weighted by atomic mass is 19.4. The van der Waals surface area contributed by atoms with Gasteiger partial charge in [-0.1, -0.05) is 0 Å². The van der Waals surface area contributed by atoms with Gasteiger partial charge in [0.05, 0.1) is 43.4 Å². The standard InChI is InChI=1S/C22H25F3N2O4/c1-13-11-27(12-14(2)31-13)18-7-6-16(22(23,24)25)10-17(18)26-21(28)15-5-8-19(29-3)20(9-15)30-4/h5-10,13-14H,11-12H2,1-4H3,(H,26,28)/t13-,14+. The van der Waals surface area contributed by atoms with Gasteiger partial charge in [0.15, 0.2) is 11.5 Å². The minimum absolute atomic E-state index is 0.0795. The fraction of sp³-hybridized carbons (Fsp3) is 0.409. The van der Waals surface area contributed by atoms with Gasteiger partial charge >= 0.3 is 6.18 Å². The van der Waals surface area contributed by atoms with Crippen molar-refractivity contribution in [1.29, 1.82) is 0 Å². The molecule has 1 aliphatic heterocycles. The van der Waals surface area contributed by atoms with Crippen molar-refractivity contribution in [2.45, 2.75) is 32.2 Å². The molecule has 1 N–H and O–H groups in total. The van der Waals surface area contributed by atoms with Crippen LogP contribution >= 0.6 is 0 Å². The summed E-state index contributed by atoms with van der Waals surface area (Å²) in [7, 11) is 2.90. The van der Waals surface area contributed by atoms with E-state index in [9.17, 15) is 18.0 Å². The monoisotopic (exact) mass is 438 g/mol. The largest absolute Gasteiger partial charge is 0.493 e. The van der Waals surface area contributed by atoms with Crippen LogP contribution in [0.15, 0.2) is 36.4 Å². The van der Waals surface area contributed by atoms with E-state index in [1.807, 2.05) is 18.7 Å². The Morgan fingerprint density at radius 2 is 1.68 bits per heavy atom. The average Bonchev–Trinajstić information content (AvgIpc) is 2.71. The molecule has 1 fully saturated rings. The Hall–Kier alpha value is -2.94. The zero-order valence-corrected chi connectivity index (χ0v) is 17.7. The fourth-order valence-corrected chi connectivity index (χ4v) is 3.63. The summed E-state index contributed by atoms with van der Waals surface area (Å²) in [5.41, 5.74) is -0.0299. The molecular weight excluding hydrogens is 413 g/mol. The van der Waals surface area contributed by atoms with Crippen molar-refractivity contribution in [3.8, 4) is 11.5 Å². The summed E-state index contributed by atoms with van der Waals surface area (Å²) < 4.78 is 56.1. The first-order chi connectivity index (χ1) is 14.6. The van der Waals surface area contributed by atoms with E-state index in [-0.39, 0.29) is 23.5 Å². The molecule has 0 bridgehead atoms. The minimum atomic E-state index is -4.53. The van der Waals surface area contributed by atoms with Crippen molar-refractivity contribution in [3.05, 3.63) is 47.5 Å². The highest BCUT2D eigenvalue weighted by Crippen LogP contribution is 2.37. The first-order valence-electron chi connectivity index (χ1n) is 9.77. The second-order valence-electron chi connectivity index (χ2n) is 7.42. The first kappa shape index (κ1) is 22.7. The Kier molecular flexibility index (Phi) is 6.64. The van der Waals surface area contributed by atoms with Crippen LogP contribution in [0.3, 0.4) is 0 Å². The van der Waals surface area contributed by atoms with E-state index in [1.165, 1.54) is 32.4 Å². The summed E-state index contributed by atoms with van der Waals surface area (Å²) in [4.78, 5) is 14.8. The van der Waals surface area contributed by atoms with Gasteiger partial charge in [0.1, 0.15) is 0 Å². The first-order valence-corrected chi connectivity index (χ1v) is 9.77. The quantitative estimate of drug-likeness (QED) is 0.740. The third-order valence-corrected chi connectivity index (χ3v) is 4.98. The van der Waals surface area contributed by atoms with Crippen LogP contribution in [0.5, 0.6) is 11.5 Å². The normalized spacial score (nSPS) is 19.1. The number of benzene rings is 2. The number of carbonyl (C=O) groups excluding carboxylic acids is 1. The molecule has 168 valence electrons. The molecule has 6 nitrogen and oxygen atoms in total. The molecule has 2 aromatic rings. The van der Waals surface area contributed by atoms with E-state index in [0.29, 0.717) is 30.3 Å².